The fraction of sp³-hybridized carbons (Fsp3) is 0.650. The standard InChI is InChI=1S/C20H31F4N5.HI/c1-5-25-19(29-10-8-28(9-11-29)15(2)20(22,23)24)26-13-16-6-7-18(21)17(12-16)14-27(3)4;/h6-7,12,15H,5,8-11,13-14H2,1-4H3,(H,25,26);1H. The van der Waals surface area contributed by atoms with Gasteiger partial charge in [0, 0.05) is 44.8 Å². The van der Waals surface area contributed by atoms with E-state index in [0.29, 0.717) is 57.3 Å². The summed E-state index contributed by atoms with van der Waals surface area (Å²) in [4.78, 5) is 9.96. The quantitative estimate of drug-likeness (QED) is 0.257. The Labute approximate surface area is 193 Å². The minimum absolute atomic E-state index is 0. The van der Waals surface area contributed by atoms with Gasteiger partial charge < -0.3 is 15.1 Å². The zero-order chi connectivity index (χ0) is 21.6. The molecule has 0 bridgehead atoms. The molecule has 0 aliphatic carbocycles. The van der Waals surface area contributed by atoms with E-state index in [1.807, 2.05) is 36.9 Å². The molecule has 1 aliphatic rings. The number of alkyl halides is 3. The van der Waals surface area contributed by atoms with Crippen LogP contribution in [0, 0.1) is 5.82 Å². The van der Waals surface area contributed by atoms with Gasteiger partial charge in [-0.05, 0) is 45.6 Å². The highest BCUT2D eigenvalue weighted by Crippen LogP contribution is 2.25. The second-order valence-corrected chi connectivity index (χ2v) is 7.57. The lowest BCUT2D eigenvalue weighted by atomic mass is 10.1. The summed E-state index contributed by atoms with van der Waals surface area (Å²) in [5.41, 5.74) is 1.51. The summed E-state index contributed by atoms with van der Waals surface area (Å²) in [7, 11) is 3.76. The molecule has 1 aliphatic heterocycles. The summed E-state index contributed by atoms with van der Waals surface area (Å²) in [6.45, 7) is 6.30. The Kier molecular flexibility index (Phi) is 10.8. The highest BCUT2D eigenvalue weighted by molar-refractivity contribution is 14.0. The number of halogens is 5. The van der Waals surface area contributed by atoms with E-state index in [1.54, 1.807) is 6.07 Å². The molecule has 1 unspecified atom stereocenters. The lowest BCUT2D eigenvalue weighted by molar-refractivity contribution is -0.181. The average Bonchev–Trinajstić information content (AvgIpc) is 2.66. The molecule has 1 heterocycles. The summed E-state index contributed by atoms with van der Waals surface area (Å²) in [5.74, 6) is 0.429. The molecular formula is C20H32F4IN5. The van der Waals surface area contributed by atoms with Gasteiger partial charge in [-0.2, -0.15) is 13.2 Å². The second kappa shape index (κ2) is 12.0. The average molecular weight is 545 g/mol. The predicted octanol–water partition coefficient (Wildman–Crippen LogP) is 3.54. The van der Waals surface area contributed by atoms with Crippen molar-refractivity contribution in [2.24, 2.45) is 4.99 Å². The summed E-state index contributed by atoms with van der Waals surface area (Å²) >= 11 is 0. The van der Waals surface area contributed by atoms with Crippen molar-refractivity contribution in [3.63, 3.8) is 0 Å². The molecule has 0 saturated carbocycles. The van der Waals surface area contributed by atoms with Crippen molar-refractivity contribution in [1.29, 1.82) is 0 Å². The first-order valence-electron chi connectivity index (χ1n) is 9.87. The van der Waals surface area contributed by atoms with Gasteiger partial charge in [0.15, 0.2) is 5.96 Å². The van der Waals surface area contributed by atoms with Gasteiger partial charge in [-0.3, -0.25) is 4.90 Å². The number of nitrogens with one attached hydrogen (secondary N) is 1. The van der Waals surface area contributed by atoms with Crippen LogP contribution in [0.5, 0.6) is 0 Å². The Morgan fingerprint density at radius 2 is 1.83 bits per heavy atom. The molecule has 1 aromatic carbocycles. The maximum Gasteiger partial charge on any atom is 0.403 e. The molecule has 5 nitrogen and oxygen atoms in total. The third-order valence-electron chi connectivity index (χ3n) is 4.98. The highest BCUT2D eigenvalue weighted by atomic mass is 127. The molecule has 0 radical (unpaired) electrons. The Morgan fingerprint density at radius 3 is 2.37 bits per heavy atom. The van der Waals surface area contributed by atoms with Crippen molar-refractivity contribution >= 4 is 29.9 Å². The Bertz CT molecular complexity index is 688. The predicted molar refractivity (Wildman–Crippen MR) is 123 cm³/mol. The first-order chi connectivity index (χ1) is 13.6. The summed E-state index contributed by atoms with van der Waals surface area (Å²) in [6.07, 6.45) is -4.21. The SMILES string of the molecule is CCNC(=NCc1ccc(F)c(CN(C)C)c1)N1CCN(C(C)C(F)(F)F)CC1.I. The smallest absolute Gasteiger partial charge is 0.357 e. The Hall–Kier alpha value is -1.14. The number of rotatable bonds is 6. The van der Waals surface area contributed by atoms with Gasteiger partial charge in [0.25, 0.3) is 0 Å². The van der Waals surface area contributed by atoms with E-state index in [1.165, 1.54) is 17.9 Å². The minimum Gasteiger partial charge on any atom is -0.357 e. The summed E-state index contributed by atoms with van der Waals surface area (Å²) in [6, 6.07) is 3.53. The molecule has 1 N–H and O–H groups in total. The number of nitrogens with zero attached hydrogens (tertiary/aromatic N) is 4. The lowest BCUT2D eigenvalue weighted by Gasteiger charge is -2.39. The number of aliphatic imine (C=N–C) groups is 1. The van der Waals surface area contributed by atoms with Crippen LogP contribution in [0.4, 0.5) is 17.6 Å². The molecular weight excluding hydrogens is 513 g/mol. The second-order valence-electron chi connectivity index (χ2n) is 7.57. The maximum absolute atomic E-state index is 14.0. The van der Waals surface area contributed by atoms with E-state index >= 15 is 0 Å². The zero-order valence-corrected chi connectivity index (χ0v) is 20.3. The molecule has 0 aromatic heterocycles. The van der Waals surface area contributed by atoms with Crippen molar-refractivity contribution in [2.45, 2.75) is 39.2 Å². The van der Waals surface area contributed by atoms with Crippen LogP contribution >= 0.6 is 24.0 Å². The van der Waals surface area contributed by atoms with Crippen LogP contribution in [-0.2, 0) is 13.1 Å². The van der Waals surface area contributed by atoms with E-state index < -0.39 is 12.2 Å². The van der Waals surface area contributed by atoms with Crippen LogP contribution in [0.1, 0.15) is 25.0 Å². The number of guanidine groups is 1. The van der Waals surface area contributed by atoms with Crippen molar-refractivity contribution in [2.75, 3.05) is 46.8 Å². The van der Waals surface area contributed by atoms with Gasteiger partial charge in [-0.15, -0.1) is 24.0 Å². The van der Waals surface area contributed by atoms with E-state index in [2.05, 4.69) is 10.3 Å². The van der Waals surface area contributed by atoms with Crippen molar-refractivity contribution < 1.29 is 17.6 Å². The van der Waals surface area contributed by atoms with Crippen LogP contribution in [-0.4, -0.2) is 79.7 Å². The molecule has 0 amide bonds. The van der Waals surface area contributed by atoms with Crippen LogP contribution in [0.25, 0.3) is 0 Å². The van der Waals surface area contributed by atoms with Gasteiger partial charge in [0.1, 0.15) is 11.9 Å². The van der Waals surface area contributed by atoms with E-state index in [9.17, 15) is 17.6 Å². The number of hydrogen-bond acceptors (Lipinski definition) is 3. The first-order valence-corrected chi connectivity index (χ1v) is 9.87. The molecule has 0 spiro atoms. The third kappa shape index (κ3) is 7.84. The lowest BCUT2D eigenvalue weighted by Crippen LogP contribution is -2.56. The molecule has 1 aromatic rings. The molecule has 1 saturated heterocycles. The van der Waals surface area contributed by atoms with Crippen LogP contribution in [0.3, 0.4) is 0 Å². The fourth-order valence-corrected chi connectivity index (χ4v) is 3.31. The topological polar surface area (TPSA) is 34.1 Å². The van der Waals surface area contributed by atoms with Crippen molar-refractivity contribution in [1.82, 2.24) is 20.0 Å². The maximum atomic E-state index is 14.0. The van der Waals surface area contributed by atoms with E-state index in [0.717, 1.165) is 5.56 Å². The van der Waals surface area contributed by atoms with Gasteiger partial charge in [0.05, 0.1) is 6.54 Å². The molecule has 1 fully saturated rings. The van der Waals surface area contributed by atoms with Crippen LogP contribution in [0.2, 0.25) is 0 Å². The molecule has 30 heavy (non-hydrogen) atoms. The minimum atomic E-state index is -4.21. The number of piperazine rings is 1. The molecule has 1 atom stereocenters. The first kappa shape index (κ1) is 26.9. The summed E-state index contributed by atoms with van der Waals surface area (Å²) < 4.78 is 52.8. The Morgan fingerprint density at radius 1 is 1.20 bits per heavy atom. The van der Waals surface area contributed by atoms with Gasteiger partial charge in [0.2, 0.25) is 0 Å². The van der Waals surface area contributed by atoms with E-state index in [4.69, 9.17) is 0 Å². The molecule has 172 valence electrons. The van der Waals surface area contributed by atoms with Gasteiger partial charge in [-0.1, -0.05) is 6.07 Å². The monoisotopic (exact) mass is 545 g/mol. The van der Waals surface area contributed by atoms with Gasteiger partial charge in [-0.25, -0.2) is 9.38 Å². The number of benzene rings is 1. The highest BCUT2D eigenvalue weighted by Gasteiger charge is 2.41. The number of hydrogen-bond donors (Lipinski definition) is 1. The molecule has 2 rings (SSSR count). The fourth-order valence-electron chi connectivity index (χ4n) is 3.31. The van der Waals surface area contributed by atoms with Crippen LogP contribution < -0.4 is 5.32 Å². The largest absolute Gasteiger partial charge is 0.403 e. The van der Waals surface area contributed by atoms with Crippen molar-refractivity contribution in [3.8, 4) is 0 Å². The van der Waals surface area contributed by atoms with Gasteiger partial charge >= 0.3 is 6.18 Å². The third-order valence-corrected chi connectivity index (χ3v) is 4.98. The van der Waals surface area contributed by atoms with Crippen LogP contribution in [0.15, 0.2) is 23.2 Å². The molecule has 10 heteroatoms. The normalized spacial score (nSPS) is 17.1. The summed E-state index contributed by atoms with van der Waals surface area (Å²) in [5, 5.41) is 3.21. The van der Waals surface area contributed by atoms with E-state index in [-0.39, 0.29) is 29.8 Å². The zero-order valence-electron chi connectivity index (χ0n) is 18.0. The Balaban J connectivity index is 0.00000450. The van der Waals surface area contributed by atoms with Crippen molar-refractivity contribution in [3.05, 3.63) is 35.1 Å².